The molecule has 0 bridgehead atoms. The molecule has 1 saturated heterocycles. The van der Waals surface area contributed by atoms with Gasteiger partial charge in [-0.05, 0) is 51.1 Å². The summed E-state index contributed by atoms with van der Waals surface area (Å²) in [4.78, 5) is 0. The van der Waals surface area contributed by atoms with Crippen molar-refractivity contribution in [2.75, 3.05) is 13.1 Å². The second kappa shape index (κ2) is 6.19. The highest BCUT2D eigenvalue weighted by Crippen LogP contribution is 2.44. The van der Waals surface area contributed by atoms with E-state index in [9.17, 15) is 0 Å². The molecule has 1 saturated carbocycles. The normalized spacial score (nSPS) is 28.9. The summed E-state index contributed by atoms with van der Waals surface area (Å²) in [6.07, 6.45) is 11.2. The van der Waals surface area contributed by atoms with Crippen LogP contribution in [0.5, 0.6) is 0 Å². The molecule has 100 valence electrons. The SMILES string of the molecule is CCNCC(CC)CC1CCC2(CCCC2)O1. The lowest BCUT2D eigenvalue weighted by Crippen LogP contribution is -2.28. The van der Waals surface area contributed by atoms with Crippen molar-refractivity contribution in [1.29, 1.82) is 0 Å². The van der Waals surface area contributed by atoms with E-state index in [1.165, 1.54) is 57.9 Å². The first-order valence-electron chi connectivity index (χ1n) is 7.66. The number of ether oxygens (including phenoxy) is 1. The average Bonchev–Trinajstić information content (AvgIpc) is 2.96. The largest absolute Gasteiger partial charge is 0.372 e. The Morgan fingerprint density at radius 2 is 2.00 bits per heavy atom. The highest BCUT2D eigenvalue weighted by Gasteiger charge is 2.42. The van der Waals surface area contributed by atoms with Crippen LogP contribution in [0.4, 0.5) is 0 Å². The van der Waals surface area contributed by atoms with Crippen LogP contribution in [0.1, 0.15) is 65.2 Å². The molecule has 0 aromatic rings. The van der Waals surface area contributed by atoms with Crippen molar-refractivity contribution >= 4 is 0 Å². The summed E-state index contributed by atoms with van der Waals surface area (Å²) in [5.41, 5.74) is 0.321. The molecule has 2 nitrogen and oxygen atoms in total. The third kappa shape index (κ3) is 3.45. The van der Waals surface area contributed by atoms with Crippen molar-refractivity contribution in [2.24, 2.45) is 5.92 Å². The molecular weight excluding hydrogens is 210 g/mol. The van der Waals surface area contributed by atoms with Gasteiger partial charge in [0, 0.05) is 0 Å². The third-order valence-corrected chi connectivity index (χ3v) is 4.71. The van der Waals surface area contributed by atoms with Crippen molar-refractivity contribution < 1.29 is 4.74 Å². The zero-order valence-corrected chi connectivity index (χ0v) is 11.6. The highest BCUT2D eigenvalue weighted by atomic mass is 16.5. The van der Waals surface area contributed by atoms with E-state index in [0.717, 1.165) is 12.5 Å². The fraction of sp³-hybridized carbons (Fsp3) is 1.00. The van der Waals surface area contributed by atoms with Crippen LogP contribution in [-0.4, -0.2) is 24.8 Å². The Bertz CT molecular complexity index is 223. The van der Waals surface area contributed by atoms with Crippen LogP contribution in [0.2, 0.25) is 0 Å². The van der Waals surface area contributed by atoms with Gasteiger partial charge in [0.05, 0.1) is 11.7 Å². The number of hydrogen-bond acceptors (Lipinski definition) is 2. The first kappa shape index (κ1) is 13.4. The molecule has 1 N–H and O–H groups in total. The van der Waals surface area contributed by atoms with Crippen LogP contribution in [0.25, 0.3) is 0 Å². The van der Waals surface area contributed by atoms with Gasteiger partial charge in [-0.15, -0.1) is 0 Å². The smallest absolute Gasteiger partial charge is 0.0687 e. The lowest BCUT2D eigenvalue weighted by molar-refractivity contribution is -0.0442. The van der Waals surface area contributed by atoms with Crippen LogP contribution in [-0.2, 0) is 4.74 Å². The molecule has 2 aliphatic rings. The van der Waals surface area contributed by atoms with E-state index in [4.69, 9.17) is 4.74 Å². The number of nitrogens with one attached hydrogen (secondary N) is 1. The third-order valence-electron chi connectivity index (χ3n) is 4.71. The van der Waals surface area contributed by atoms with Crippen molar-refractivity contribution in [2.45, 2.75) is 76.9 Å². The molecule has 0 radical (unpaired) electrons. The van der Waals surface area contributed by atoms with Gasteiger partial charge < -0.3 is 10.1 Å². The molecular formula is C15H29NO. The molecule has 17 heavy (non-hydrogen) atoms. The summed E-state index contributed by atoms with van der Waals surface area (Å²) >= 11 is 0. The van der Waals surface area contributed by atoms with Crippen LogP contribution in [0.15, 0.2) is 0 Å². The van der Waals surface area contributed by atoms with Gasteiger partial charge in [0.2, 0.25) is 0 Å². The van der Waals surface area contributed by atoms with Crippen molar-refractivity contribution in [3.63, 3.8) is 0 Å². The Balaban J connectivity index is 1.75. The molecule has 1 aliphatic carbocycles. The van der Waals surface area contributed by atoms with Gasteiger partial charge in [0.1, 0.15) is 0 Å². The van der Waals surface area contributed by atoms with E-state index >= 15 is 0 Å². The topological polar surface area (TPSA) is 21.3 Å². The summed E-state index contributed by atoms with van der Waals surface area (Å²) in [5, 5.41) is 3.48. The average molecular weight is 239 g/mol. The standard InChI is InChI=1S/C15H29NO/c1-3-13(12-16-4-2)11-14-7-10-15(17-14)8-5-6-9-15/h13-14,16H,3-12H2,1-2H3. The van der Waals surface area contributed by atoms with Crippen molar-refractivity contribution in [1.82, 2.24) is 5.32 Å². The lowest BCUT2D eigenvalue weighted by atomic mass is 9.95. The van der Waals surface area contributed by atoms with Gasteiger partial charge in [-0.3, -0.25) is 0 Å². The lowest BCUT2D eigenvalue weighted by Gasteiger charge is -2.25. The Hall–Kier alpha value is -0.0800. The fourth-order valence-corrected chi connectivity index (χ4v) is 3.56. The zero-order chi connectivity index (χ0) is 12.1. The second-order valence-electron chi connectivity index (χ2n) is 5.99. The molecule has 0 aromatic carbocycles. The van der Waals surface area contributed by atoms with E-state index in [1.807, 2.05) is 0 Å². The first-order valence-corrected chi connectivity index (χ1v) is 7.66. The Kier molecular flexibility index (Phi) is 4.87. The molecule has 2 fully saturated rings. The Morgan fingerprint density at radius 3 is 2.65 bits per heavy atom. The van der Waals surface area contributed by atoms with Gasteiger partial charge in [0.15, 0.2) is 0 Å². The van der Waals surface area contributed by atoms with Crippen molar-refractivity contribution in [3.8, 4) is 0 Å². The maximum atomic E-state index is 6.39. The fourth-order valence-electron chi connectivity index (χ4n) is 3.56. The molecule has 0 amide bonds. The predicted molar refractivity (Wildman–Crippen MR) is 72.2 cm³/mol. The molecule has 1 heterocycles. The van der Waals surface area contributed by atoms with Crippen LogP contribution >= 0.6 is 0 Å². The second-order valence-corrected chi connectivity index (χ2v) is 5.99. The quantitative estimate of drug-likeness (QED) is 0.766. The van der Waals surface area contributed by atoms with Crippen molar-refractivity contribution in [3.05, 3.63) is 0 Å². The summed E-state index contributed by atoms with van der Waals surface area (Å²) in [6.45, 7) is 6.75. The molecule has 2 atom stereocenters. The van der Waals surface area contributed by atoms with E-state index in [-0.39, 0.29) is 0 Å². The minimum atomic E-state index is 0.321. The summed E-state index contributed by atoms with van der Waals surface area (Å²) in [7, 11) is 0. The maximum Gasteiger partial charge on any atom is 0.0687 e. The Morgan fingerprint density at radius 1 is 1.24 bits per heavy atom. The Labute approximate surface area is 107 Å². The molecule has 1 aliphatic heterocycles. The summed E-state index contributed by atoms with van der Waals surface area (Å²) in [5.74, 6) is 0.802. The van der Waals surface area contributed by atoms with Gasteiger partial charge >= 0.3 is 0 Å². The summed E-state index contributed by atoms with van der Waals surface area (Å²) < 4.78 is 6.39. The zero-order valence-electron chi connectivity index (χ0n) is 11.6. The molecule has 2 heteroatoms. The van der Waals surface area contributed by atoms with E-state index < -0.39 is 0 Å². The highest BCUT2D eigenvalue weighted by molar-refractivity contribution is 4.93. The van der Waals surface area contributed by atoms with E-state index in [1.54, 1.807) is 0 Å². The molecule has 2 unspecified atom stereocenters. The minimum absolute atomic E-state index is 0.321. The predicted octanol–water partition coefficient (Wildman–Crippen LogP) is 3.50. The van der Waals surface area contributed by atoms with Crippen LogP contribution in [0.3, 0.4) is 0 Å². The maximum absolute atomic E-state index is 6.39. The monoisotopic (exact) mass is 239 g/mol. The molecule has 1 spiro atoms. The molecule has 0 aromatic heterocycles. The van der Waals surface area contributed by atoms with Gasteiger partial charge in [-0.25, -0.2) is 0 Å². The molecule has 2 rings (SSSR count). The van der Waals surface area contributed by atoms with Gasteiger partial charge in [-0.1, -0.05) is 33.1 Å². The van der Waals surface area contributed by atoms with Gasteiger partial charge in [-0.2, -0.15) is 0 Å². The van der Waals surface area contributed by atoms with Gasteiger partial charge in [0.25, 0.3) is 0 Å². The first-order chi connectivity index (χ1) is 8.28. The van der Waals surface area contributed by atoms with Crippen LogP contribution < -0.4 is 5.32 Å². The summed E-state index contributed by atoms with van der Waals surface area (Å²) in [6, 6.07) is 0. The van der Waals surface area contributed by atoms with E-state index in [2.05, 4.69) is 19.2 Å². The minimum Gasteiger partial charge on any atom is -0.372 e. The number of hydrogen-bond donors (Lipinski definition) is 1. The van der Waals surface area contributed by atoms with Crippen LogP contribution in [0, 0.1) is 5.92 Å². The number of rotatable bonds is 6. The van der Waals surface area contributed by atoms with E-state index in [0.29, 0.717) is 11.7 Å².